The average Bonchev–Trinajstić information content (AvgIpc) is 3.33. The zero-order chi connectivity index (χ0) is 25.6. The highest BCUT2D eigenvalue weighted by Crippen LogP contribution is 2.38. The Balaban J connectivity index is 1.68. The van der Waals surface area contributed by atoms with E-state index >= 15 is 0 Å². The number of hydrogen-bond acceptors (Lipinski definition) is 6. The molecule has 1 aromatic rings. The maximum atomic E-state index is 13.3. The number of methoxy groups -OCH3 is 1. The van der Waals surface area contributed by atoms with Gasteiger partial charge in [0.15, 0.2) is 0 Å². The minimum atomic E-state index is -0.913. The van der Waals surface area contributed by atoms with Crippen molar-refractivity contribution in [3.05, 3.63) is 35.9 Å². The molecule has 2 heterocycles. The number of aryl methyl sites for hydroxylation is 1. The lowest BCUT2D eigenvalue weighted by atomic mass is 9.75. The van der Waals surface area contributed by atoms with E-state index in [1.165, 1.54) is 12.7 Å². The molecule has 192 valence electrons. The van der Waals surface area contributed by atoms with Gasteiger partial charge in [-0.2, -0.15) is 0 Å². The van der Waals surface area contributed by atoms with Crippen molar-refractivity contribution in [3.8, 4) is 0 Å². The number of carbonyl (C=O) groups is 3. The van der Waals surface area contributed by atoms with Crippen LogP contribution in [0.25, 0.3) is 0 Å². The van der Waals surface area contributed by atoms with Crippen LogP contribution in [0, 0.1) is 0 Å². The zero-order valence-electron chi connectivity index (χ0n) is 21.4. The molecule has 0 spiro atoms. The predicted octanol–water partition coefficient (Wildman–Crippen LogP) is 1.54. The van der Waals surface area contributed by atoms with Gasteiger partial charge in [0.05, 0.1) is 23.8 Å². The molecule has 3 amide bonds. The van der Waals surface area contributed by atoms with Crippen LogP contribution in [-0.2, 0) is 34.9 Å². The third-order valence-electron chi connectivity index (χ3n) is 7.03. The number of nitrogens with one attached hydrogen (secondary N) is 3. The summed E-state index contributed by atoms with van der Waals surface area (Å²) in [5, 5.41) is 8.38. The summed E-state index contributed by atoms with van der Waals surface area (Å²) in [7, 11) is 0.836. The summed E-state index contributed by atoms with van der Waals surface area (Å²) in [6.45, 7) is 7.89. The SMILES string of the molecule is COC[C@@H](NC(=O)[C@@H]1CCC(=O)N1)C(=O)N[C@@H](CCCc1ccccc1)B1OC(C)(C)C(C)(C)O1. The molecule has 0 radical (unpaired) electrons. The molecule has 3 N–H and O–H groups in total. The number of hydrogen-bond donors (Lipinski definition) is 3. The molecule has 2 saturated heterocycles. The molecule has 35 heavy (non-hydrogen) atoms. The summed E-state index contributed by atoms with van der Waals surface area (Å²) >= 11 is 0. The molecule has 3 rings (SSSR count). The van der Waals surface area contributed by atoms with Gasteiger partial charge in [0.2, 0.25) is 17.7 Å². The van der Waals surface area contributed by atoms with E-state index in [4.69, 9.17) is 14.0 Å². The lowest BCUT2D eigenvalue weighted by Gasteiger charge is -2.32. The minimum absolute atomic E-state index is 0.00164. The first-order valence-corrected chi connectivity index (χ1v) is 12.3. The lowest BCUT2D eigenvalue weighted by Crippen LogP contribution is -2.57. The van der Waals surface area contributed by atoms with Crippen molar-refractivity contribution in [2.75, 3.05) is 13.7 Å². The summed E-state index contributed by atoms with van der Waals surface area (Å²) in [5.41, 5.74) is 0.136. The van der Waals surface area contributed by atoms with Crippen LogP contribution in [0.5, 0.6) is 0 Å². The maximum absolute atomic E-state index is 13.3. The summed E-state index contributed by atoms with van der Waals surface area (Å²) in [5.74, 6) is -1.37. The van der Waals surface area contributed by atoms with Crippen LogP contribution in [0.15, 0.2) is 30.3 Å². The summed E-state index contributed by atoms with van der Waals surface area (Å²) < 4.78 is 17.7. The van der Waals surface area contributed by atoms with E-state index in [1.807, 2.05) is 45.9 Å². The number of amides is 3. The van der Waals surface area contributed by atoms with Crippen LogP contribution in [0.2, 0.25) is 0 Å². The van der Waals surface area contributed by atoms with E-state index in [9.17, 15) is 14.4 Å². The summed E-state index contributed by atoms with van der Waals surface area (Å²) in [6, 6.07) is 8.60. The molecule has 10 heteroatoms. The normalized spacial score (nSPS) is 22.4. The molecule has 2 aliphatic rings. The van der Waals surface area contributed by atoms with Gasteiger partial charge in [-0.25, -0.2) is 0 Å². The van der Waals surface area contributed by atoms with Crippen LogP contribution >= 0.6 is 0 Å². The maximum Gasteiger partial charge on any atom is 0.481 e. The van der Waals surface area contributed by atoms with Crippen LogP contribution < -0.4 is 16.0 Å². The van der Waals surface area contributed by atoms with Crippen molar-refractivity contribution in [2.45, 2.75) is 89.0 Å². The Morgan fingerprint density at radius 1 is 1.14 bits per heavy atom. The van der Waals surface area contributed by atoms with E-state index in [0.717, 1.165) is 12.8 Å². The smallest absolute Gasteiger partial charge is 0.402 e. The molecule has 3 atom stereocenters. The molecule has 0 bridgehead atoms. The summed E-state index contributed by atoms with van der Waals surface area (Å²) in [6.07, 6.45) is 3.00. The topological polar surface area (TPSA) is 115 Å². The van der Waals surface area contributed by atoms with Crippen molar-refractivity contribution in [1.29, 1.82) is 0 Å². The zero-order valence-corrected chi connectivity index (χ0v) is 21.4. The average molecular weight is 487 g/mol. The van der Waals surface area contributed by atoms with Crippen molar-refractivity contribution in [1.82, 2.24) is 16.0 Å². The van der Waals surface area contributed by atoms with Gasteiger partial charge in [-0.15, -0.1) is 0 Å². The molecule has 2 fully saturated rings. The Bertz CT molecular complexity index is 878. The van der Waals surface area contributed by atoms with Crippen molar-refractivity contribution in [2.24, 2.45) is 0 Å². The van der Waals surface area contributed by atoms with Gasteiger partial charge in [-0.1, -0.05) is 30.3 Å². The van der Waals surface area contributed by atoms with Crippen LogP contribution in [-0.4, -0.2) is 67.8 Å². The fourth-order valence-electron chi connectivity index (χ4n) is 4.22. The molecular weight excluding hydrogens is 449 g/mol. The Kier molecular flexibility index (Phi) is 8.96. The second kappa shape index (κ2) is 11.5. The number of carbonyl (C=O) groups excluding carboxylic acids is 3. The molecule has 1 aromatic carbocycles. The summed E-state index contributed by atoms with van der Waals surface area (Å²) in [4.78, 5) is 37.4. The van der Waals surface area contributed by atoms with Crippen molar-refractivity contribution >= 4 is 24.8 Å². The Morgan fingerprint density at radius 3 is 2.37 bits per heavy atom. The first-order valence-electron chi connectivity index (χ1n) is 12.3. The molecular formula is C25H38BN3O6. The lowest BCUT2D eigenvalue weighted by molar-refractivity contribution is -0.131. The van der Waals surface area contributed by atoms with Gasteiger partial charge in [0, 0.05) is 13.5 Å². The Morgan fingerprint density at radius 2 is 1.80 bits per heavy atom. The van der Waals surface area contributed by atoms with E-state index in [0.29, 0.717) is 19.3 Å². The standard InChI is InChI=1S/C25H38BN3O6/c1-24(2)25(3,4)35-26(34-24)20(13-9-12-17-10-7-6-8-11-17)29-23(32)19(16-33-5)28-22(31)18-14-15-21(30)27-18/h6-8,10-11,18-20H,9,12-16H2,1-5H3,(H,27,30)(H,28,31)(H,29,32)/t18-,19+,20-/m0/s1. The van der Waals surface area contributed by atoms with Gasteiger partial charge in [0.1, 0.15) is 12.1 Å². The fraction of sp³-hybridized carbons (Fsp3) is 0.640. The van der Waals surface area contributed by atoms with Crippen molar-refractivity contribution in [3.63, 3.8) is 0 Å². The third-order valence-corrected chi connectivity index (χ3v) is 7.03. The van der Waals surface area contributed by atoms with Gasteiger partial charge < -0.3 is 30.0 Å². The highest BCUT2D eigenvalue weighted by Gasteiger charge is 2.54. The highest BCUT2D eigenvalue weighted by molar-refractivity contribution is 6.48. The monoisotopic (exact) mass is 487 g/mol. The van der Waals surface area contributed by atoms with Crippen LogP contribution in [0.4, 0.5) is 0 Å². The van der Waals surface area contributed by atoms with E-state index in [2.05, 4.69) is 28.1 Å². The largest absolute Gasteiger partial charge is 0.481 e. The number of ether oxygens (including phenoxy) is 1. The third kappa shape index (κ3) is 7.05. The molecule has 0 aromatic heterocycles. The highest BCUT2D eigenvalue weighted by atomic mass is 16.7. The predicted molar refractivity (Wildman–Crippen MR) is 132 cm³/mol. The Hall–Kier alpha value is -2.43. The molecule has 0 aliphatic carbocycles. The van der Waals surface area contributed by atoms with Gasteiger partial charge in [-0.05, 0) is 58.9 Å². The Labute approximate surface area is 208 Å². The van der Waals surface area contributed by atoms with E-state index < -0.39 is 42.3 Å². The minimum Gasteiger partial charge on any atom is -0.402 e. The number of rotatable bonds is 11. The number of benzene rings is 1. The first kappa shape index (κ1) is 27.2. The van der Waals surface area contributed by atoms with Gasteiger partial charge >= 0.3 is 7.12 Å². The van der Waals surface area contributed by atoms with E-state index in [1.54, 1.807) is 0 Å². The molecule has 2 aliphatic heterocycles. The molecule has 0 saturated carbocycles. The molecule has 9 nitrogen and oxygen atoms in total. The second-order valence-corrected chi connectivity index (χ2v) is 10.3. The van der Waals surface area contributed by atoms with Crippen LogP contribution in [0.1, 0.15) is 58.9 Å². The van der Waals surface area contributed by atoms with Crippen LogP contribution in [0.3, 0.4) is 0 Å². The second-order valence-electron chi connectivity index (χ2n) is 10.3. The fourth-order valence-corrected chi connectivity index (χ4v) is 4.22. The quantitative estimate of drug-likeness (QED) is 0.408. The van der Waals surface area contributed by atoms with Crippen molar-refractivity contribution < 1.29 is 28.4 Å². The first-order chi connectivity index (χ1) is 16.5. The van der Waals surface area contributed by atoms with E-state index in [-0.39, 0.29) is 18.4 Å². The van der Waals surface area contributed by atoms with Gasteiger partial charge in [-0.3, -0.25) is 14.4 Å². The van der Waals surface area contributed by atoms with Gasteiger partial charge in [0.25, 0.3) is 0 Å². The molecule has 0 unspecified atom stereocenters.